The lowest BCUT2D eigenvalue weighted by atomic mass is 10.0. The largest absolute Gasteiger partial charge is 0.417 e. The molecule has 0 N–H and O–H groups in total. The highest BCUT2D eigenvalue weighted by Crippen LogP contribution is 2.35. The highest BCUT2D eigenvalue weighted by atomic mass is 19.4. The molecule has 4 heteroatoms. The lowest BCUT2D eigenvalue weighted by molar-refractivity contribution is -0.137. The van der Waals surface area contributed by atoms with Crippen LogP contribution in [0.2, 0.25) is 0 Å². The molecule has 0 aliphatic heterocycles. The van der Waals surface area contributed by atoms with Gasteiger partial charge in [0.15, 0.2) is 0 Å². The average molecular weight is 339 g/mol. The molecular formula is C20H28F3N. The molecule has 1 rings (SSSR count). The summed E-state index contributed by atoms with van der Waals surface area (Å²) in [7, 11) is 0. The van der Waals surface area contributed by atoms with Crippen LogP contribution in [0.3, 0.4) is 0 Å². The molecule has 1 unspecified atom stereocenters. The summed E-state index contributed by atoms with van der Waals surface area (Å²) in [5.74, 6) is 0.252. The second-order valence-corrected chi connectivity index (χ2v) is 6.19. The van der Waals surface area contributed by atoms with Gasteiger partial charge < -0.3 is 0 Å². The van der Waals surface area contributed by atoms with E-state index in [0.717, 1.165) is 43.9 Å². The number of allylic oxidation sites excluding steroid dienone is 1. The number of alkyl halides is 3. The second kappa shape index (κ2) is 9.65. The van der Waals surface area contributed by atoms with E-state index in [1.165, 1.54) is 12.1 Å². The molecule has 1 aromatic carbocycles. The number of unbranched alkanes of at least 4 members (excludes halogenated alkanes) is 3. The van der Waals surface area contributed by atoms with Gasteiger partial charge in [0.1, 0.15) is 0 Å². The second-order valence-electron chi connectivity index (χ2n) is 6.19. The maximum absolute atomic E-state index is 13.3. The standard InChI is InChI=1S/C20H28F3N/c1-5-7-8-9-14-19(24-16(4)15(3)6-2)17-12-10-11-13-18(17)20(21,22)23/h10-15H,5-9H2,1-4H3/b19-14-,24-16-. The van der Waals surface area contributed by atoms with Crippen molar-refractivity contribution in [2.24, 2.45) is 10.9 Å². The first kappa shape index (κ1) is 20.5. The summed E-state index contributed by atoms with van der Waals surface area (Å²) in [6.45, 7) is 8.10. The van der Waals surface area contributed by atoms with E-state index in [-0.39, 0.29) is 11.5 Å². The van der Waals surface area contributed by atoms with Crippen molar-refractivity contribution in [3.8, 4) is 0 Å². The molecule has 1 nitrogen and oxygen atoms in total. The topological polar surface area (TPSA) is 12.4 Å². The number of nitrogens with zero attached hydrogens (tertiary/aromatic N) is 1. The lowest BCUT2D eigenvalue weighted by Crippen LogP contribution is -2.10. The molecule has 0 aliphatic carbocycles. The van der Waals surface area contributed by atoms with E-state index in [4.69, 9.17) is 0 Å². The number of hydrogen-bond donors (Lipinski definition) is 0. The van der Waals surface area contributed by atoms with Crippen molar-refractivity contribution >= 4 is 11.4 Å². The Balaban J connectivity index is 3.28. The Hall–Kier alpha value is -1.58. The van der Waals surface area contributed by atoms with E-state index in [9.17, 15) is 13.2 Å². The van der Waals surface area contributed by atoms with Crippen LogP contribution in [0.4, 0.5) is 13.2 Å². The van der Waals surface area contributed by atoms with Crippen LogP contribution in [0.5, 0.6) is 0 Å². The third kappa shape index (κ3) is 6.14. The Morgan fingerprint density at radius 2 is 1.83 bits per heavy atom. The van der Waals surface area contributed by atoms with Gasteiger partial charge in [0.25, 0.3) is 0 Å². The van der Waals surface area contributed by atoms with Gasteiger partial charge in [0, 0.05) is 11.3 Å². The van der Waals surface area contributed by atoms with Gasteiger partial charge in [-0.1, -0.05) is 57.9 Å². The first-order chi connectivity index (χ1) is 11.3. The molecule has 0 saturated carbocycles. The molecule has 24 heavy (non-hydrogen) atoms. The Morgan fingerprint density at radius 3 is 2.42 bits per heavy atom. The summed E-state index contributed by atoms with van der Waals surface area (Å²) in [5.41, 5.74) is 0.865. The summed E-state index contributed by atoms with van der Waals surface area (Å²) in [5, 5.41) is 0. The Labute approximate surface area is 143 Å². The van der Waals surface area contributed by atoms with Gasteiger partial charge in [-0.15, -0.1) is 0 Å². The predicted octanol–water partition coefficient (Wildman–Crippen LogP) is 7.13. The van der Waals surface area contributed by atoms with Crippen LogP contribution in [0.15, 0.2) is 35.3 Å². The van der Waals surface area contributed by atoms with Crippen molar-refractivity contribution in [2.45, 2.75) is 66.0 Å². The number of halogens is 3. The molecular weight excluding hydrogens is 311 g/mol. The maximum atomic E-state index is 13.3. The maximum Gasteiger partial charge on any atom is 0.417 e. The minimum Gasteiger partial charge on any atom is -0.258 e. The quantitative estimate of drug-likeness (QED) is 0.353. The van der Waals surface area contributed by atoms with E-state index in [1.807, 2.05) is 19.9 Å². The van der Waals surface area contributed by atoms with Crippen LogP contribution in [0.25, 0.3) is 5.70 Å². The summed E-state index contributed by atoms with van der Waals surface area (Å²) < 4.78 is 40.0. The van der Waals surface area contributed by atoms with Gasteiger partial charge in [-0.3, -0.25) is 4.99 Å². The SMILES string of the molecule is CCCCC/C=C(\N=C(\C)C(C)CC)c1ccccc1C(F)(F)F. The average Bonchev–Trinajstić information content (AvgIpc) is 2.55. The predicted molar refractivity (Wildman–Crippen MR) is 96.1 cm³/mol. The molecule has 0 aliphatic rings. The molecule has 1 atom stereocenters. The van der Waals surface area contributed by atoms with E-state index >= 15 is 0 Å². The third-order valence-electron chi connectivity index (χ3n) is 4.28. The summed E-state index contributed by atoms with van der Waals surface area (Å²) >= 11 is 0. The molecule has 0 aromatic heterocycles. The molecule has 134 valence electrons. The fourth-order valence-corrected chi connectivity index (χ4v) is 2.40. The highest BCUT2D eigenvalue weighted by Gasteiger charge is 2.33. The molecule has 0 radical (unpaired) electrons. The fourth-order valence-electron chi connectivity index (χ4n) is 2.40. The lowest BCUT2D eigenvalue weighted by Gasteiger charge is -2.15. The molecule has 1 aromatic rings. The normalized spacial score (nSPS) is 14.8. The molecule has 0 heterocycles. The molecule has 0 spiro atoms. The highest BCUT2D eigenvalue weighted by molar-refractivity contribution is 5.90. The van der Waals surface area contributed by atoms with Crippen LogP contribution in [0.1, 0.15) is 70.9 Å². The summed E-state index contributed by atoms with van der Waals surface area (Å²) in [4.78, 5) is 4.57. The zero-order chi connectivity index (χ0) is 18.2. The minimum absolute atomic E-state index is 0.171. The fraction of sp³-hybridized carbons (Fsp3) is 0.550. The van der Waals surface area contributed by atoms with Crippen LogP contribution < -0.4 is 0 Å². The van der Waals surface area contributed by atoms with Crippen molar-refractivity contribution in [1.29, 1.82) is 0 Å². The Bertz CT molecular complexity index is 570. The van der Waals surface area contributed by atoms with E-state index in [1.54, 1.807) is 6.07 Å². The van der Waals surface area contributed by atoms with Crippen molar-refractivity contribution in [2.75, 3.05) is 0 Å². The van der Waals surface area contributed by atoms with E-state index < -0.39 is 11.7 Å². The minimum atomic E-state index is -4.38. The molecule has 0 fully saturated rings. The monoisotopic (exact) mass is 339 g/mol. The number of hydrogen-bond acceptors (Lipinski definition) is 1. The number of aliphatic imine (C=N–C) groups is 1. The van der Waals surface area contributed by atoms with Crippen LogP contribution in [-0.4, -0.2) is 5.71 Å². The van der Waals surface area contributed by atoms with Gasteiger partial charge in [0.2, 0.25) is 0 Å². The van der Waals surface area contributed by atoms with Gasteiger partial charge in [-0.05, 0) is 38.2 Å². The number of rotatable bonds is 8. The summed E-state index contributed by atoms with van der Waals surface area (Å²) in [6.07, 6.45) is 2.25. The molecule has 0 bridgehead atoms. The van der Waals surface area contributed by atoms with Crippen molar-refractivity contribution in [3.63, 3.8) is 0 Å². The first-order valence-corrected chi connectivity index (χ1v) is 8.73. The van der Waals surface area contributed by atoms with Gasteiger partial charge in [-0.2, -0.15) is 13.2 Å². The van der Waals surface area contributed by atoms with Gasteiger partial charge in [0.05, 0.1) is 11.3 Å². The first-order valence-electron chi connectivity index (χ1n) is 8.73. The Morgan fingerprint density at radius 1 is 1.17 bits per heavy atom. The van der Waals surface area contributed by atoms with Gasteiger partial charge in [-0.25, -0.2) is 0 Å². The number of benzene rings is 1. The van der Waals surface area contributed by atoms with E-state index in [0.29, 0.717) is 5.70 Å². The summed E-state index contributed by atoms with van der Waals surface area (Å²) in [6, 6.07) is 5.70. The van der Waals surface area contributed by atoms with Crippen molar-refractivity contribution in [3.05, 3.63) is 41.5 Å². The molecule has 0 amide bonds. The van der Waals surface area contributed by atoms with Crippen molar-refractivity contribution < 1.29 is 13.2 Å². The van der Waals surface area contributed by atoms with Gasteiger partial charge >= 0.3 is 6.18 Å². The van der Waals surface area contributed by atoms with Crippen molar-refractivity contribution in [1.82, 2.24) is 0 Å². The molecule has 0 saturated heterocycles. The Kier molecular flexibility index (Phi) is 8.23. The van der Waals surface area contributed by atoms with Crippen LogP contribution >= 0.6 is 0 Å². The zero-order valence-corrected chi connectivity index (χ0v) is 15.1. The zero-order valence-electron chi connectivity index (χ0n) is 15.1. The van der Waals surface area contributed by atoms with E-state index in [2.05, 4.69) is 18.8 Å². The third-order valence-corrected chi connectivity index (χ3v) is 4.28. The van der Waals surface area contributed by atoms with Crippen LogP contribution in [-0.2, 0) is 6.18 Å². The smallest absolute Gasteiger partial charge is 0.258 e. The van der Waals surface area contributed by atoms with Crippen LogP contribution in [0, 0.1) is 5.92 Å².